The highest BCUT2D eigenvalue weighted by Gasteiger charge is 2.29. The van der Waals surface area contributed by atoms with E-state index in [9.17, 15) is 38.4 Å². The number of rotatable bonds is 23. The van der Waals surface area contributed by atoms with Crippen LogP contribution >= 0.6 is 27.5 Å². The van der Waals surface area contributed by atoms with Gasteiger partial charge < -0.3 is 18.1 Å². The molecule has 296 valence electrons. The van der Waals surface area contributed by atoms with Gasteiger partial charge in [-0.2, -0.15) is 0 Å². The fourth-order valence-electron chi connectivity index (χ4n) is 5.24. The summed E-state index contributed by atoms with van der Waals surface area (Å²) in [5, 5.41) is 0. The first-order chi connectivity index (χ1) is 25.7. The van der Waals surface area contributed by atoms with Crippen molar-refractivity contribution in [2.24, 2.45) is 0 Å². The van der Waals surface area contributed by atoms with Gasteiger partial charge in [0.05, 0.1) is 26.4 Å². The highest BCUT2D eigenvalue weighted by atomic mass is 35.7. The molecule has 0 unspecified atom stereocenters. The lowest BCUT2D eigenvalue weighted by atomic mass is 10.3. The van der Waals surface area contributed by atoms with Crippen molar-refractivity contribution in [2.45, 2.75) is 65.5 Å². The van der Waals surface area contributed by atoms with Gasteiger partial charge in [0.15, 0.2) is 0 Å². The van der Waals surface area contributed by atoms with Crippen molar-refractivity contribution in [3.05, 3.63) is 48.6 Å². The van der Waals surface area contributed by atoms with Crippen LogP contribution in [0.15, 0.2) is 48.6 Å². The SMILES string of the molecule is CC(C)N(C(C)C)P(OCCCN1C(=O)C=CC1=O)OCCCN1C(=O)C=CC1=O.O=C1C=CC(=O)N1CCCOP(Cl)OCCCN1C(=O)C=CC1=O. The lowest BCUT2D eigenvalue weighted by molar-refractivity contribution is -0.138. The van der Waals surface area contributed by atoms with Gasteiger partial charge in [0.2, 0.25) is 0 Å². The number of carbonyl (C=O) groups is 8. The highest BCUT2D eigenvalue weighted by Crippen LogP contribution is 2.46. The fraction of sp³-hybridized carbons (Fsp3) is 0.529. The first-order valence-corrected chi connectivity index (χ1v) is 20.6. The smallest absolute Gasteiger partial charge is 0.276 e. The quantitative estimate of drug-likeness (QED) is 0.0832. The maximum atomic E-state index is 11.6. The second kappa shape index (κ2) is 22.8. The molecule has 0 aromatic rings. The highest BCUT2D eigenvalue weighted by molar-refractivity contribution is 7.76. The standard InChI is InChI=1S/C20H30N3O6P.C14H16ClN2O6P/c1-15(2)23(16(3)4)30(28-13-5-11-21-17(24)7-8-18(21)25)29-14-6-12-22-19(26)9-10-20(22)27;15-24(22-9-1-7-16-11(18)3-4-12(16)19)23-10-2-8-17-13(20)5-6-14(17)21/h7-10,15-16H,5-6,11-14H2,1-4H3;3-6H,1-2,7-10H2. The number of imide groups is 4. The van der Waals surface area contributed by atoms with Gasteiger partial charge in [0, 0.05) is 86.9 Å². The molecule has 0 saturated heterocycles. The van der Waals surface area contributed by atoms with Crippen molar-refractivity contribution in [2.75, 3.05) is 52.6 Å². The summed E-state index contributed by atoms with van der Waals surface area (Å²) in [6, 6.07) is 0.376. The predicted octanol–water partition coefficient (Wildman–Crippen LogP) is 3.11. The zero-order valence-electron chi connectivity index (χ0n) is 30.7. The minimum atomic E-state index is -1.61. The first kappa shape index (κ1) is 44.9. The molecule has 0 aromatic carbocycles. The second-order valence-electron chi connectivity index (χ2n) is 12.4. The van der Waals surface area contributed by atoms with Crippen molar-refractivity contribution < 1.29 is 56.5 Å². The van der Waals surface area contributed by atoms with Gasteiger partial charge in [-0.1, -0.05) is 0 Å². The Morgan fingerprint density at radius 1 is 0.463 bits per heavy atom. The van der Waals surface area contributed by atoms with Crippen molar-refractivity contribution >= 4 is 74.8 Å². The summed E-state index contributed by atoms with van der Waals surface area (Å²) in [7, 11) is -2.98. The molecule has 0 fully saturated rings. The maximum Gasteiger partial charge on any atom is 0.276 e. The monoisotopic (exact) mass is 813 g/mol. The van der Waals surface area contributed by atoms with Crippen LogP contribution in [0.2, 0.25) is 0 Å². The fourth-order valence-corrected chi connectivity index (χ4v) is 7.94. The van der Waals surface area contributed by atoms with E-state index in [2.05, 4.69) is 32.4 Å². The zero-order chi connectivity index (χ0) is 39.8. The number of hydrogen-bond acceptors (Lipinski definition) is 13. The minimum absolute atomic E-state index is 0.188. The van der Waals surface area contributed by atoms with E-state index < -0.39 is 16.3 Å². The molecule has 0 spiro atoms. The lowest BCUT2D eigenvalue weighted by Gasteiger charge is -2.35. The molecule has 17 nitrogen and oxygen atoms in total. The number of amides is 8. The van der Waals surface area contributed by atoms with Crippen molar-refractivity contribution in [3.63, 3.8) is 0 Å². The Labute approximate surface area is 321 Å². The van der Waals surface area contributed by atoms with Crippen LogP contribution in [0.25, 0.3) is 0 Å². The lowest BCUT2D eigenvalue weighted by Crippen LogP contribution is -2.35. The van der Waals surface area contributed by atoms with Crippen LogP contribution in [0.5, 0.6) is 0 Å². The van der Waals surface area contributed by atoms with E-state index in [4.69, 9.17) is 29.3 Å². The van der Waals surface area contributed by atoms with E-state index in [1.165, 1.54) is 58.4 Å². The van der Waals surface area contributed by atoms with Gasteiger partial charge in [-0.3, -0.25) is 58.0 Å². The summed E-state index contributed by atoms with van der Waals surface area (Å²) in [4.78, 5) is 96.4. The molecular formula is C34H46ClN5O12P2. The topological polar surface area (TPSA) is 190 Å². The Kier molecular flexibility index (Phi) is 18.9. The third-order valence-electron chi connectivity index (χ3n) is 7.74. The average molecular weight is 814 g/mol. The zero-order valence-corrected chi connectivity index (χ0v) is 33.2. The summed E-state index contributed by atoms with van der Waals surface area (Å²) in [6.07, 6.45) is 11.9. The molecule has 54 heavy (non-hydrogen) atoms. The third-order valence-corrected chi connectivity index (χ3v) is 11.2. The van der Waals surface area contributed by atoms with E-state index in [1.807, 2.05) is 0 Å². The Balaban J connectivity index is 0.000000297. The van der Waals surface area contributed by atoms with Gasteiger partial charge in [0.25, 0.3) is 63.5 Å². The van der Waals surface area contributed by atoms with Crippen LogP contribution in [0.3, 0.4) is 0 Å². The summed E-state index contributed by atoms with van der Waals surface area (Å²) in [6.45, 7) is 10.5. The molecule has 4 rings (SSSR count). The van der Waals surface area contributed by atoms with Crippen LogP contribution < -0.4 is 0 Å². The number of halogens is 1. The summed E-state index contributed by atoms with van der Waals surface area (Å²) in [5.41, 5.74) is 0. The maximum absolute atomic E-state index is 11.6. The van der Waals surface area contributed by atoms with Gasteiger partial charge in [0.1, 0.15) is 0 Å². The van der Waals surface area contributed by atoms with Crippen LogP contribution in [-0.4, -0.2) is 136 Å². The van der Waals surface area contributed by atoms with E-state index in [0.717, 1.165) is 9.80 Å². The number of carbonyl (C=O) groups excluding carboxylic acids is 8. The van der Waals surface area contributed by atoms with E-state index >= 15 is 0 Å². The molecule has 0 aliphatic carbocycles. The third kappa shape index (κ3) is 14.0. The van der Waals surface area contributed by atoms with Crippen LogP contribution in [0, 0.1) is 0 Å². The van der Waals surface area contributed by atoms with Gasteiger partial charge in [-0.25, -0.2) is 4.67 Å². The van der Waals surface area contributed by atoms with Crippen LogP contribution in [-0.2, 0) is 56.5 Å². The van der Waals surface area contributed by atoms with E-state index in [0.29, 0.717) is 52.0 Å². The predicted molar refractivity (Wildman–Crippen MR) is 198 cm³/mol. The van der Waals surface area contributed by atoms with E-state index in [-0.39, 0.29) is 85.6 Å². The van der Waals surface area contributed by atoms with Crippen LogP contribution in [0.4, 0.5) is 0 Å². The number of hydrogen-bond donors (Lipinski definition) is 0. The molecule has 20 heteroatoms. The van der Waals surface area contributed by atoms with Crippen LogP contribution in [0.1, 0.15) is 53.4 Å². The second-order valence-corrected chi connectivity index (χ2v) is 15.6. The molecule has 4 aliphatic heterocycles. The molecular weight excluding hydrogens is 768 g/mol. The Morgan fingerprint density at radius 3 is 0.907 bits per heavy atom. The average Bonchev–Trinajstić information content (AvgIpc) is 3.83. The summed E-state index contributed by atoms with van der Waals surface area (Å²) < 4.78 is 24.7. The molecule has 4 aliphatic rings. The first-order valence-electron chi connectivity index (χ1n) is 17.4. The Bertz CT molecular complexity index is 1360. The normalized spacial score (nSPS) is 17.0. The Morgan fingerprint density at radius 2 is 0.685 bits per heavy atom. The minimum Gasteiger partial charge on any atom is -0.322 e. The Hall–Kier alpha value is -3.53. The molecule has 0 N–H and O–H groups in total. The van der Waals surface area contributed by atoms with Gasteiger partial charge in [-0.05, 0) is 64.6 Å². The number of nitrogens with zero attached hydrogens (tertiary/aromatic N) is 5. The largest absolute Gasteiger partial charge is 0.322 e. The molecule has 0 aromatic heterocycles. The van der Waals surface area contributed by atoms with Gasteiger partial charge in [-0.15, -0.1) is 0 Å². The van der Waals surface area contributed by atoms with Crippen molar-refractivity contribution in [1.29, 1.82) is 0 Å². The van der Waals surface area contributed by atoms with Gasteiger partial charge >= 0.3 is 0 Å². The van der Waals surface area contributed by atoms with Crippen molar-refractivity contribution in [3.8, 4) is 0 Å². The summed E-state index contributed by atoms with van der Waals surface area (Å²) in [5.74, 6) is -2.52. The molecule has 0 atom stereocenters. The van der Waals surface area contributed by atoms with E-state index in [1.54, 1.807) is 0 Å². The molecule has 0 saturated carbocycles. The molecule has 0 bridgehead atoms. The molecule has 4 heterocycles. The molecule has 0 radical (unpaired) electrons. The van der Waals surface area contributed by atoms with Crippen molar-refractivity contribution in [1.82, 2.24) is 24.3 Å². The molecule has 8 amide bonds. The summed E-state index contributed by atoms with van der Waals surface area (Å²) >= 11 is 5.89.